The molecule has 1 unspecified atom stereocenters. The molecule has 0 amide bonds. The number of benzene rings is 1. The number of aliphatic hydroxyl groups is 1. The van der Waals surface area contributed by atoms with Crippen LogP contribution >= 0.6 is 0 Å². The first-order valence-corrected chi connectivity index (χ1v) is 5.86. The fraction of sp³-hybridized carbons (Fsp3) is 0.214. The molecule has 20 heavy (non-hydrogen) atoms. The zero-order chi connectivity index (χ0) is 14.8. The van der Waals surface area contributed by atoms with Gasteiger partial charge in [0.25, 0.3) is 0 Å². The van der Waals surface area contributed by atoms with E-state index in [2.05, 4.69) is 4.98 Å². The number of aliphatic hydroxyl groups excluding tert-OH is 1. The highest BCUT2D eigenvalue weighted by Gasteiger charge is 2.34. The topological polar surface area (TPSA) is 42.4 Å². The van der Waals surface area contributed by atoms with Gasteiger partial charge in [-0.2, -0.15) is 13.2 Å². The molecular weight excluding hydrogens is 271 g/mol. The standard InChI is InChI=1S/C14H12F3NO2/c1-9(19)10-5-4-8-18-13(10)20-12-7-3-2-6-11(12)14(15,16)17/h2-9,19H,1H3. The quantitative estimate of drug-likeness (QED) is 0.927. The van der Waals surface area contributed by atoms with Crippen molar-refractivity contribution in [1.29, 1.82) is 0 Å². The van der Waals surface area contributed by atoms with Gasteiger partial charge in [0.1, 0.15) is 5.75 Å². The summed E-state index contributed by atoms with van der Waals surface area (Å²) in [5, 5.41) is 9.57. The Labute approximate surface area is 113 Å². The average Bonchev–Trinajstić information content (AvgIpc) is 2.38. The van der Waals surface area contributed by atoms with Gasteiger partial charge in [-0.25, -0.2) is 4.98 Å². The molecular formula is C14H12F3NO2. The van der Waals surface area contributed by atoms with E-state index in [1.54, 1.807) is 12.1 Å². The number of ether oxygens (including phenoxy) is 1. The minimum atomic E-state index is -4.52. The number of alkyl halides is 3. The third-order valence-corrected chi connectivity index (χ3v) is 2.65. The van der Waals surface area contributed by atoms with Gasteiger partial charge in [-0.05, 0) is 31.2 Å². The molecule has 3 nitrogen and oxygen atoms in total. The first kappa shape index (κ1) is 14.3. The molecule has 0 bridgehead atoms. The lowest BCUT2D eigenvalue weighted by Gasteiger charge is -2.15. The summed E-state index contributed by atoms with van der Waals surface area (Å²) in [6, 6.07) is 7.98. The largest absolute Gasteiger partial charge is 0.438 e. The number of nitrogens with zero attached hydrogens (tertiary/aromatic N) is 1. The zero-order valence-corrected chi connectivity index (χ0v) is 10.6. The van der Waals surface area contributed by atoms with E-state index >= 15 is 0 Å². The molecule has 0 aliphatic carbocycles. The van der Waals surface area contributed by atoms with Crippen molar-refractivity contribution in [3.05, 3.63) is 53.7 Å². The van der Waals surface area contributed by atoms with E-state index in [1.807, 2.05) is 0 Å². The molecule has 1 atom stereocenters. The highest BCUT2D eigenvalue weighted by molar-refractivity contribution is 5.40. The van der Waals surface area contributed by atoms with Crippen LogP contribution in [0.25, 0.3) is 0 Å². The summed E-state index contributed by atoms with van der Waals surface area (Å²) in [7, 11) is 0. The molecule has 2 aromatic rings. The highest BCUT2D eigenvalue weighted by Crippen LogP contribution is 2.38. The Balaban J connectivity index is 2.41. The molecule has 106 valence electrons. The molecule has 0 aliphatic rings. The van der Waals surface area contributed by atoms with Gasteiger partial charge in [0.15, 0.2) is 0 Å². The Bertz CT molecular complexity index is 597. The van der Waals surface area contributed by atoms with Crippen LogP contribution in [0.4, 0.5) is 13.2 Å². The molecule has 0 saturated carbocycles. The second kappa shape index (κ2) is 5.50. The fourth-order valence-electron chi connectivity index (χ4n) is 1.70. The van der Waals surface area contributed by atoms with E-state index in [0.717, 1.165) is 6.07 Å². The summed E-state index contributed by atoms with van der Waals surface area (Å²) < 4.78 is 43.8. The molecule has 6 heteroatoms. The summed E-state index contributed by atoms with van der Waals surface area (Å²) in [5.41, 5.74) is -0.563. The first-order chi connectivity index (χ1) is 9.39. The fourth-order valence-corrected chi connectivity index (χ4v) is 1.70. The Morgan fingerprint density at radius 2 is 1.85 bits per heavy atom. The number of hydrogen-bond acceptors (Lipinski definition) is 3. The summed E-state index contributed by atoms with van der Waals surface area (Å²) >= 11 is 0. The Kier molecular flexibility index (Phi) is 3.94. The van der Waals surface area contributed by atoms with Gasteiger partial charge in [0.05, 0.1) is 11.7 Å². The number of pyridine rings is 1. The summed E-state index contributed by atoms with van der Waals surface area (Å²) in [4.78, 5) is 3.87. The van der Waals surface area contributed by atoms with Gasteiger partial charge in [0, 0.05) is 11.8 Å². The zero-order valence-electron chi connectivity index (χ0n) is 10.6. The highest BCUT2D eigenvalue weighted by atomic mass is 19.4. The van der Waals surface area contributed by atoms with E-state index in [9.17, 15) is 18.3 Å². The summed E-state index contributed by atoms with van der Waals surface area (Å²) in [5.74, 6) is -0.389. The van der Waals surface area contributed by atoms with Gasteiger partial charge >= 0.3 is 6.18 Å². The molecule has 0 saturated heterocycles. The second-order valence-electron chi connectivity index (χ2n) is 4.17. The maximum atomic E-state index is 12.9. The van der Waals surface area contributed by atoms with Gasteiger partial charge in [-0.3, -0.25) is 0 Å². The maximum Gasteiger partial charge on any atom is 0.419 e. The van der Waals surface area contributed by atoms with Crippen LogP contribution in [0.15, 0.2) is 42.6 Å². The monoisotopic (exact) mass is 283 g/mol. The van der Waals surface area contributed by atoms with Crippen molar-refractivity contribution in [3.63, 3.8) is 0 Å². The lowest BCUT2D eigenvalue weighted by atomic mass is 10.1. The second-order valence-corrected chi connectivity index (χ2v) is 4.17. The Hall–Kier alpha value is -2.08. The number of hydrogen-bond donors (Lipinski definition) is 1. The molecule has 0 aliphatic heterocycles. The number of rotatable bonds is 3. The van der Waals surface area contributed by atoms with Crippen LogP contribution < -0.4 is 4.74 Å². The number of aromatic nitrogens is 1. The van der Waals surface area contributed by atoms with Crippen molar-refractivity contribution < 1.29 is 23.0 Å². The third kappa shape index (κ3) is 3.08. The van der Waals surface area contributed by atoms with E-state index in [1.165, 1.54) is 31.3 Å². The van der Waals surface area contributed by atoms with Gasteiger partial charge < -0.3 is 9.84 Å². The molecule has 0 radical (unpaired) electrons. The van der Waals surface area contributed by atoms with Crippen LogP contribution in [-0.2, 0) is 6.18 Å². The van der Waals surface area contributed by atoms with Gasteiger partial charge in [-0.15, -0.1) is 0 Å². The predicted molar refractivity (Wildman–Crippen MR) is 66.4 cm³/mol. The molecule has 0 spiro atoms. The van der Waals surface area contributed by atoms with Crippen molar-refractivity contribution >= 4 is 0 Å². The molecule has 2 rings (SSSR count). The minimum Gasteiger partial charge on any atom is -0.438 e. The average molecular weight is 283 g/mol. The SMILES string of the molecule is CC(O)c1cccnc1Oc1ccccc1C(F)(F)F. The maximum absolute atomic E-state index is 12.9. The van der Waals surface area contributed by atoms with E-state index in [-0.39, 0.29) is 11.6 Å². The van der Waals surface area contributed by atoms with Crippen LogP contribution in [0.1, 0.15) is 24.2 Å². The normalized spacial score (nSPS) is 13.1. The molecule has 1 aromatic carbocycles. The summed E-state index contributed by atoms with van der Waals surface area (Å²) in [6.45, 7) is 1.49. The third-order valence-electron chi connectivity index (χ3n) is 2.65. The minimum absolute atomic E-state index is 0.0424. The van der Waals surface area contributed by atoms with E-state index in [4.69, 9.17) is 4.74 Å². The Morgan fingerprint density at radius 1 is 1.15 bits per heavy atom. The summed E-state index contributed by atoms with van der Waals surface area (Å²) in [6.07, 6.45) is -4.02. The van der Waals surface area contributed by atoms with Crippen LogP contribution in [0.2, 0.25) is 0 Å². The molecule has 0 fully saturated rings. The molecule has 1 heterocycles. The van der Waals surface area contributed by atoms with E-state index in [0.29, 0.717) is 5.56 Å². The predicted octanol–water partition coefficient (Wildman–Crippen LogP) is 3.95. The smallest absolute Gasteiger partial charge is 0.419 e. The van der Waals surface area contributed by atoms with Crippen molar-refractivity contribution in [3.8, 4) is 11.6 Å². The Morgan fingerprint density at radius 3 is 2.50 bits per heavy atom. The van der Waals surface area contributed by atoms with Gasteiger partial charge in [0.2, 0.25) is 5.88 Å². The van der Waals surface area contributed by atoms with Crippen molar-refractivity contribution in [2.45, 2.75) is 19.2 Å². The lowest BCUT2D eigenvalue weighted by Crippen LogP contribution is -2.08. The van der Waals surface area contributed by atoms with Crippen LogP contribution in [0, 0.1) is 0 Å². The van der Waals surface area contributed by atoms with Crippen LogP contribution in [-0.4, -0.2) is 10.1 Å². The van der Waals surface area contributed by atoms with Crippen molar-refractivity contribution in [2.24, 2.45) is 0 Å². The van der Waals surface area contributed by atoms with E-state index < -0.39 is 17.8 Å². The first-order valence-electron chi connectivity index (χ1n) is 5.86. The van der Waals surface area contributed by atoms with Crippen LogP contribution in [0.5, 0.6) is 11.6 Å². The van der Waals surface area contributed by atoms with Crippen LogP contribution in [0.3, 0.4) is 0 Å². The van der Waals surface area contributed by atoms with Crippen molar-refractivity contribution in [2.75, 3.05) is 0 Å². The molecule has 1 N–H and O–H groups in total. The van der Waals surface area contributed by atoms with Gasteiger partial charge in [-0.1, -0.05) is 12.1 Å². The number of para-hydroxylation sites is 1. The molecule has 1 aromatic heterocycles. The van der Waals surface area contributed by atoms with Crippen molar-refractivity contribution in [1.82, 2.24) is 4.98 Å². The lowest BCUT2D eigenvalue weighted by molar-refractivity contribution is -0.138. The number of halogens is 3.